The van der Waals surface area contributed by atoms with Gasteiger partial charge in [0.2, 0.25) is 5.91 Å². The molecule has 0 spiro atoms. The van der Waals surface area contributed by atoms with E-state index in [-0.39, 0.29) is 17.9 Å². The van der Waals surface area contributed by atoms with E-state index >= 15 is 0 Å². The van der Waals surface area contributed by atoms with Crippen LogP contribution in [0.15, 0.2) is 12.2 Å². The number of esters is 1. The molecule has 3 N–H and O–H groups in total. The van der Waals surface area contributed by atoms with Crippen molar-refractivity contribution in [3.63, 3.8) is 0 Å². The number of hydrogen-bond donors (Lipinski definition) is 2. The second kappa shape index (κ2) is 4.93. The van der Waals surface area contributed by atoms with Crippen LogP contribution in [0.1, 0.15) is 13.3 Å². The van der Waals surface area contributed by atoms with Crippen molar-refractivity contribution in [3.8, 4) is 0 Å². The molecular formula is C10H16N2O3. The van der Waals surface area contributed by atoms with Crippen LogP contribution >= 0.6 is 0 Å². The Morgan fingerprint density at radius 2 is 2.20 bits per heavy atom. The molecule has 0 heterocycles. The number of ether oxygens (including phenoxy) is 1. The molecule has 0 aromatic carbocycles. The fourth-order valence-corrected chi connectivity index (χ4v) is 1.48. The zero-order chi connectivity index (χ0) is 11.4. The van der Waals surface area contributed by atoms with E-state index in [1.165, 1.54) is 7.11 Å². The average molecular weight is 212 g/mol. The molecular weight excluding hydrogens is 196 g/mol. The van der Waals surface area contributed by atoms with Crippen LogP contribution in [0.4, 0.5) is 0 Å². The summed E-state index contributed by atoms with van der Waals surface area (Å²) in [7, 11) is 1.29. The van der Waals surface area contributed by atoms with Gasteiger partial charge in [-0.05, 0) is 13.3 Å². The number of carbonyl (C=O) groups is 2. The van der Waals surface area contributed by atoms with Crippen molar-refractivity contribution in [2.24, 2.45) is 11.7 Å². The third-order valence-electron chi connectivity index (χ3n) is 2.37. The van der Waals surface area contributed by atoms with Crippen molar-refractivity contribution in [1.29, 1.82) is 0 Å². The fraction of sp³-hybridized carbons (Fsp3) is 0.600. The zero-order valence-corrected chi connectivity index (χ0v) is 8.90. The number of carbonyl (C=O) groups excluding carboxylic acids is 2. The van der Waals surface area contributed by atoms with Gasteiger partial charge in [-0.2, -0.15) is 0 Å². The molecule has 1 aliphatic rings. The maximum Gasteiger partial charge on any atom is 0.328 e. The number of amides is 1. The third-order valence-corrected chi connectivity index (χ3v) is 2.37. The van der Waals surface area contributed by atoms with Crippen molar-refractivity contribution in [2.75, 3.05) is 7.11 Å². The van der Waals surface area contributed by atoms with E-state index in [1.807, 2.05) is 0 Å². The van der Waals surface area contributed by atoms with E-state index in [0.29, 0.717) is 6.42 Å². The topological polar surface area (TPSA) is 81.4 Å². The highest BCUT2D eigenvalue weighted by molar-refractivity contribution is 5.86. The van der Waals surface area contributed by atoms with E-state index in [2.05, 4.69) is 10.1 Å². The summed E-state index contributed by atoms with van der Waals surface area (Å²) >= 11 is 0. The van der Waals surface area contributed by atoms with Gasteiger partial charge in [0.1, 0.15) is 6.04 Å². The Kier molecular flexibility index (Phi) is 3.85. The maximum atomic E-state index is 11.6. The molecule has 0 aromatic rings. The van der Waals surface area contributed by atoms with E-state index in [4.69, 9.17) is 5.73 Å². The van der Waals surface area contributed by atoms with Gasteiger partial charge in [-0.3, -0.25) is 4.79 Å². The lowest BCUT2D eigenvalue weighted by Gasteiger charge is -2.14. The molecule has 84 valence electrons. The Morgan fingerprint density at radius 3 is 2.67 bits per heavy atom. The molecule has 1 aliphatic carbocycles. The molecule has 3 atom stereocenters. The van der Waals surface area contributed by atoms with Crippen LogP contribution in [-0.2, 0) is 14.3 Å². The van der Waals surface area contributed by atoms with Gasteiger partial charge in [-0.15, -0.1) is 0 Å². The van der Waals surface area contributed by atoms with Crippen molar-refractivity contribution in [3.05, 3.63) is 12.2 Å². The largest absolute Gasteiger partial charge is 0.467 e. The lowest BCUT2D eigenvalue weighted by Crippen LogP contribution is -2.42. The quantitative estimate of drug-likeness (QED) is 0.491. The van der Waals surface area contributed by atoms with Crippen LogP contribution in [0.3, 0.4) is 0 Å². The molecule has 5 heteroatoms. The fourth-order valence-electron chi connectivity index (χ4n) is 1.48. The van der Waals surface area contributed by atoms with Gasteiger partial charge in [-0.25, -0.2) is 4.79 Å². The third kappa shape index (κ3) is 3.06. The normalized spacial score (nSPS) is 26.1. The minimum absolute atomic E-state index is 0.0609. The van der Waals surface area contributed by atoms with Crippen LogP contribution in [0, 0.1) is 5.92 Å². The van der Waals surface area contributed by atoms with Crippen LogP contribution in [0.25, 0.3) is 0 Å². The van der Waals surface area contributed by atoms with Crippen molar-refractivity contribution in [2.45, 2.75) is 25.4 Å². The molecule has 0 saturated heterocycles. The minimum atomic E-state index is -0.618. The number of methoxy groups -OCH3 is 1. The van der Waals surface area contributed by atoms with Gasteiger partial charge in [0.05, 0.1) is 13.0 Å². The molecule has 3 unspecified atom stereocenters. The van der Waals surface area contributed by atoms with Gasteiger partial charge >= 0.3 is 5.97 Å². The molecule has 0 aliphatic heterocycles. The minimum Gasteiger partial charge on any atom is -0.467 e. The highest BCUT2D eigenvalue weighted by Crippen LogP contribution is 2.16. The Labute approximate surface area is 88.7 Å². The van der Waals surface area contributed by atoms with Gasteiger partial charge in [0, 0.05) is 6.04 Å². The first-order valence-corrected chi connectivity index (χ1v) is 4.86. The van der Waals surface area contributed by atoms with E-state index in [1.54, 1.807) is 19.1 Å². The summed E-state index contributed by atoms with van der Waals surface area (Å²) in [5, 5.41) is 2.57. The summed E-state index contributed by atoms with van der Waals surface area (Å²) in [5.41, 5.74) is 5.62. The maximum absolute atomic E-state index is 11.6. The van der Waals surface area contributed by atoms with Crippen LogP contribution in [-0.4, -0.2) is 31.1 Å². The number of hydrogen-bond acceptors (Lipinski definition) is 4. The van der Waals surface area contributed by atoms with Crippen LogP contribution < -0.4 is 11.1 Å². The summed E-state index contributed by atoms with van der Waals surface area (Å²) in [6, 6.07) is -0.679. The van der Waals surface area contributed by atoms with Crippen LogP contribution in [0.2, 0.25) is 0 Å². The van der Waals surface area contributed by atoms with Crippen LogP contribution in [0.5, 0.6) is 0 Å². The first-order valence-electron chi connectivity index (χ1n) is 4.86. The summed E-state index contributed by atoms with van der Waals surface area (Å²) in [4.78, 5) is 22.6. The molecule has 0 saturated carbocycles. The zero-order valence-electron chi connectivity index (χ0n) is 8.90. The molecule has 15 heavy (non-hydrogen) atoms. The number of rotatable bonds is 3. The van der Waals surface area contributed by atoms with Gasteiger partial charge in [-0.1, -0.05) is 12.2 Å². The highest BCUT2D eigenvalue weighted by atomic mass is 16.5. The van der Waals surface area contributed by atoms with Gasteiger partial charge in [0.25, 0.3) is 0 Å². The molecule has 1 amide bonds. The Bertz CT molecular complexity index is 288. The van der Waals surface area contributed by atoms with Crippen molar-refractivity contribution < 1.29 is 14.3 Å². The lowest BCUT2D eigenvalue weighted by molar-refractivity contribution is -0.144. The van der Waals surface area contributed by atoms with E-state index < -0.39 is 12.0 Å². The second-order valence-corrected chi connectivity index (χ2v) is 3.64. The summed E-state index contributed by atoms with van der Waals surface area (Å²) in [6.07, 6.45) is 4.16. The summed E-state index contributed by atoms with van der Waals surface area (Å²) in [5.74, 6) is -0.862. The summed E-state index contributed by atoms with van der Waals surface area (Å²) < 4.78 is 4.50. The smallest absolute Gasteiger partial charge is 0.328 e. The number of nitrogens with one attached hydrogen (secondary N) is 1. The SMILES string of the molecule is COC(=O)C(C)NC(=O)C1C=CC(N)C1. The average Bonchev–Trinajstić information content (AvgIpc) is 2.63. The molecule has 0 radical (unpaired) electrons. The molecule has 5 nitrogen and oxygen atoms in total. The Balaban J connectivity index is 2.42. The Morgan fingerprint density at radius 1 is 1.53 bits per heavy atom. The monoisotopic (exact) mass is 212 g/mol. The first-order chi connectivity index (χ1) is 7.04. The highest BCUT2D eigenvalue weighted by Gasteiger charge is 2.25. The Hall–Kier alpha value is -1.36. The second-order valence-electron chi connectivity index (χ2n) is 3.64. The predicted molar refractivity (Wildman–Crippen MR) is 54.8 cm³/mol. The van der Waals surface area contributed by atoms with Gasteiger partial charge in [0.15, 0.2) is 0 Å². The predicted octanol–water partition coefficient (Wildman–Crippen LogP) is -0.432. The van der Waals surface area contributed by atoms with Gasteiger partial charge < -0.3 is 15.8 Å². The summed E-state index contributed by atoms with van der Waals surface area (Å²) in [6.45, 7) is 1.59. The molecule has 0 fully saturated rings. The van der Waals surface area contributed by atoms with Crippen molar-refractivity contribution in [1.82, 2.24) is 5.32 Å². The first kappa shape index (κ1) is 11.7. The molecule has 1 rings (SSSR count). The standard InChI is InChI=1S/C10H16N2O3/c1-6(10(14)15-2)12-9(13)7-3-4-8(11)5-7/h3-4,6-8H,5,11H2,1-2H3,(H,12,13). The van der Waals surface area contributed by atoms with Crippen molar-refractivity contribution >= 4 is 11.9 Å². The molecule has 0 bridgehead atoms. The molecule has 0 aromatic heterocycles. The van der Waals surface area contributed by atoms with E-state index in [9.17, 15) is 9.59 Å². The van der Waals surface area contributed by atoms with E-state index in [0.717, 1.165) is 0 Å². The number of nitrogens with two attached hydrogens (primary N) is 1. The lowest BCUT2D eigenvalue weighted by atomic mass is 10.1.